The quantitative estimate of drug-likeness (QED) is 0.825. The van der Waals surface area contributed by atoms with Gasteiger partial charge in [0.25, 0.3) is 5.91 Å². The third-order valence-corrected chi connectivity index (χ3v) is 3.08. The second-order valence-corrected chi connectivity index (χ2v) is 5.87. The summed E-state index contributed by atoms with van der Waals surface area (Å²) in [6.45, 7) is 2.61. The van der Waals surface area contributed by atoms with Gasteiger partial charge in [-0.05, 0) is 40.5 Å². The van der Waals surface area contributed by atoms with Crippen LogP contribution in [0.1, 0.15) is 23.7 Å². The Morgan fingerprint density at radius 2 is 2.25 bits per heavy atom. The number of alkyl halides is 1. The molecule has 1 atom stereocenters. The van der Waals surface area contributed by atoms with E-state index in [4.69, 9.17) is 0 Å². The van der Waals surface area contributed by atoms with Gasteiger partial charge >= 0.3 is 0 Å². The van der Waals surface area contributed by atoms with Crippen LogP contribution in [0, 0.1) is 5.82 Å². The molecule has 0 bridgehead atoms. The van der Waals surface area contributed by atoms with Crippen molar-refractivity contribution in [3.63, 3.8) is 0 Å². The summed E-state index contributed by atoms with van der Waals surface area (Å²) < 4.78 is 13.2. The summed E-state index contributed by atoms with van der Waals surface area (Å²) in [6.07, 6.45) is 0.855. The molecule has 1 amide bonds. The smallest absolute Gasteiger partial charge is 0.251 e. The third kappa shape index (κ3) is 4.22. The molecule has 16 heavy (non-hydrogen) atoms. The predicted molar refractivity (Wildman–Crippen MR) is 69.4 cm³/mol. The summed E-state index contributed by atoms with van der Waals surface area (Å²) in [4.78, 5) is 12.0. The Morgan fingerprint density at radius 1 is 1.56 bits per heavy atom. The summed E-state index contributed by atoms with van der Waals surface area (Å²) in [5.41, 5.74) is 0.454. The number of halogens is 3. The van der Waals surface area contributed by atoms with Gasteiger partial charge < -0.3 is 5.32 Å². The maximum Gasteiger partial charge on any atom is 0.251 e. The molecule has 1 aromatic carbocycles. The molecule has 0 aromatic heterocycles. The fourth-order valence-electron chi connectivity index (χ4n) is 1.12. The van der Waals surface area contributed by atoms with E-state index in [1.54, 1.807) is 0 Å². The van der Waals surface area contributed by atoms with Crippen molar-refractivity contribution in [2.24, 2.45) is 0 Å². The molecule has 0 spiro atoms. The summed E-state index contributed by atoms with van der Waals surface area (Å²) in [6, 6.07) is 4.21. The van der Waals surface area contributed by atoms with Gasteiger partial charge in [-0.3, -0.25) is 4.79 Å². The van der Waals surface area contributed by atoms with Crippen LogP contribution in [0.5, 0.6) is 0 Å². The molecule has 1 unspecified atom stereocenters. The highest BCUT2D eigenvalue weighted by Gasteiger charge is 2.08. The summed E-state index contributed by atoms with van der Waals surface area (Å²) in [5.74, 6) is -0.556. The number of carbonyl (C=O) groups excluding carboxylic acids is 1. The van der Waals surface area contributed by atoms with Crippen LogP contribution in [0.2, 0.25) is 0 Å². The Bertz CT molecular complexity index is 382. The number of benzene rings is 1. The van der Waals surface area contributed by atoms with Gasteiger partial charge in [0.15, 0.2) is 0 Å². The number of hydrogen-bond acceptors (Lipinski definition) is 1. The van der Waals surface area contributed by atoms with Crippen LogP contribution in [0.15, 0.2) is 22.7 Å². The number of rotatable bonds is 4. The minimum Gasteiger partial charge on any atom is -0.352 e. The van der Waals surface area contributed by atoms with Crippen LogP contribution in [-0.4, -0.2) is 17.3 Å². The average Bonchev–Trinajstić information content (AvgIpc) is 2.21. The highest BCUT2D eigenvalue weighted by molar-refractivity contribution is 9.10. The second-order valence-electron chi connectivity index (χ2n) is 3.45. The SMILES string of the molecule is CC(Br)CCNC(=O)c1ccc(F)c(Br)c1. The van der Waals surface area contributed by atoms with Crippen molar-refractivity contribution in [1.82, 2.24) is 5.32 Å². The monoisotopic (exact) mass is 351 g/mol. The summed E-state index contributed by atoms with van der Waals surface area (Å²) >= 11 is 6.44. The fourth-order valence-corrected chi connectivity index (χ4v) is 1.73. The lowest BCUT2D eigenvalue weighted by Crippen LogP contribution is -2.25. The molecule has 88 valence electrons. The normalized spacial score (nSPS) is 12.2. The molecule has 0 aliphatic rings. The molecule has 1 N–H and O–H groups in total. The van der Waals surface area contributed by atoms with E-state index in [1.165, 1.54) is 18.2 Å². The van der Waals surface area contributed by atoms with E-state index in [9.17, 15) is 9.18 Å². The average molecular weight is 353 g/mol. The predicted octanol–water partition coefficient (Wildman–Crippen LogP) is 3.49. The van der Waals surface area contributed by atoms with Crippen molar-refractivity contribution in [2.45, 2.75) is 18.2 Å². The number of carbonyl (C=O) groups is 1. The van der Waals surface area contributed by atoms with Crippen molar-refractivity contribution in [2.75, 3.05) is 6.54 Å². The van der Waals surface area contributed by atoms with Gasteiger partial charge in [-0.2, -0.15) is 0 Å². The molecule has 0 saturated heterocycles. The van der Waals surface area contributed by atoms with Crippen molar-refractivity contribution in [3.05, 3.63) is 34.1 Å². The van der Waals surface area contributed by atoms with Gasteiger partial charge in [0, 0.05) is 16.9 Å². The molecule has 0 radical (unpaired) electrons. The van der Waals surface area contributed by atoms with Crippen molar-refractivity contribution in [3.8, 4) is 0 Å². The van der Waals surface area contributed by atoms with Gasteiger partial charge in [0.1, 0.15) is 5.82 Å². The number of amides is 1. The molecule has 0 fully saturated rings. The molecule has 0 saturated carbocycles. The van der Waals surface area contributed by atoms with E-state index in [-0.39, 0.29) is 11.7 Å². The first-order chi connectivity index (χ1) is 7.50. The van der Waals surface area contributed by atoms with Gasteiger partial charge in [-0.25, -0.2) is 4.39 Å². The molecular weight excluding hydrogens is 341 g/mol. The zero-order valence-corrected chi connectivity index (χ0v) is 11.9. The highest BCUT2D eigenvalue weighted by atomic mass is 79.9. The standard InChI is InChI=1S/C11H12Br2FNO/c1-7(12)4-5-15-11(16)8-2-3-10(14)9(13)6-8/h2-3,6-7H,4-5H2,1H3,(H,15,16). The number of hydrogen-bond donors (Lipinski definition) is 1. The number of nitrogens with one attached hydrogen (secondary N) is 1. The Hall–Kier alpha value is -0.420. The molecular formula is C11H12Br2FNO. The maximum atomic E-state index is 12.9. The van der Waals surface area contributed by atoms with E-state index in [0.29, 0.717) is 21.4 Å². The van der Waals surface area contributed by atoms with Gasteiger partial charge in [-0.1, -0.05) is 22.9 Å². The van der Waals surface area contributed by atoms with E-state index in [2.05, 4.69) is 37.2 Å². The molecule has 2 nitrogen and oxygen atoms in total. The maximum absolute atomic E-state index is 12.9. The summed E-state index contributed by atoms with van der Waals surface area (Å²) in [7, 11) is 0. The Balaban J connectivity index is 2.56. The Labute approximate surface area is 111 Å². The molecule has 0 aliphatic carbocycles. The first-order valence-electron chi connectivity index (χ1n) is 4.88. The van der Waals surface area contributed by atoms with Gasteiger partial charge in [0.05, 0.1) is 4.47 Å². The molecule has 0 heterocycles. The van der Waals surface area contributed by atoms with E-state index in [0.717, 1.165) is 6.42 Å². The van der Waals surface area contributed by atoms with Gasteiger partial charge in [0.2, 0.25) is 0 Å². The Morgan fingerprint density at radius 3 is 2.81 bits per heavy atom. The van der Waals surface area contributed by atoms with E-state index < -0.39 is 0 Å². The third-order valence-electron chi connectivity index (χ3n) is 2.01. The molecule has 0 aliphatic heterocycles. The lowest BCUT2D eigenvalue weighted by molar-refractivity contribution is 0.0953. The zero-order valence-electron chi connectivity index (χ0n) is 8.77. The minimum atomic E-state index is -0.370. The molecule has 1 aromatic rings. The van der Waals surface area contributed by atoms with Crippen LogP contribution in [-0.2, 0) is 0 Å². The van der Waals surface area contributed by atoms with Crippen molar-refractivity contribution >= 4 is 37.8 Å². The minimum absolute atomic E-state index is 0.186. The zero-order chi connectivity index (χ0) is 12.1. The largest absolute Gasteiger partial charge is 0.352 e. The lowest BCUT2D eigenvalue weighted by atomic mass is 10.2. The first-order valence-corrected chi connectivity index (χ1v) is 6.59. The van der Waals surface area contributed by atoms with Crippen LogP contribution < -0.4 is 5.32 Å². The second kappa shape index (κ2) is 6.35. The Kier molecular flexibility index (Phi) is 5.41. The van der Waals surface area contributed by atoms with Crippen LogP contribution >= 0.6 is 31.9 Å². The summed E-state index contributed by atoms with van der Waals surface area (Å²) in [5, 5.41) is 2.76. The fraction of sp³-hybridized carbons (Fsp3) is 0.364. The van der Waals surface area contributed by atoms with Crippen LogP contribution in [0.4, 0.5) is 4.39 Å². The topological polar surface area (TPSA) is 29.1 Å². The molecule has 5 heteroatoms. The highest BCUT2D eigenvalue weighted by Crippen LogP contribution is 2.16. The van der Waals surface area contributed by atoms with Crippen molar-refractivity contribution in [1.29, 1.82) is 0 Å². The van der Waals surface area contributed by atoms with Crippen LogP contribution in [0.3, 0.4) is 0 Å². The molecule has 1 rings (SSSR count). The van der Waals surface area contributed by atoms with E-state index >= 15 is 0 Å². The van der Waals surface area contributed by atoms with Gasteiger partial charge in [-0.15, -0.1) is 0 Å². The first kappa shape index (κ1) is 13.6. The van der Waals surface area contributed by atoms with Crippen molar-refractivity contribution < 1.29 is 9.18 Å². The lowest BCUT2D eigenvalue weighted by Gasteiger charge is -2.06. The van der Waals surface area contributed by atoms with E-state index in [1.807, 2.05) is 6.92 Å². The van der Waals surface area contributed by atoms with Crippen LogP contribution in [0.25, 0.3) is 0 Å².